The summed E-state index contributed by atoms with van der Waals surface area (Å²) in [5.74, 6) is 0.538. The van der Waals surface area contributed by atoms with E-state index < -0.39 is 0 Å². The van der Waals surface area contributed by atoms with E-state index in [2.05, 4.69) is 21.1 Å². The lowest BCUT2D eigenvalue weighted by Gasteiger charge is -2.11. The fraction of sp³-hybridized carbons (Fsp3) is 0.0714. The molecule has 2 aromatic carbocycles. The van der Waals surface area contributed by atoms with Gasteiger partial charge in [0.1, 0.15) is 12.4 Å². The van der Waals surface area contributed by atoms with E-state index in [9.17, 15) is 0 Å². The normalized spacial score (nSPS) is 11.4. The maximum atomic E-state index is 8.80. The maximum absolute atomic E-state index is 8.80. The second-order valence-corrected chi connectivity index (χ2v) is 5.39. The third-order valence-corrected chi connectivity index (χ3v) is 3.38. The molecule has 0 aliphatic carbocycles. The minimum absolute atomic E-state index is 0.00240. The van der Waals surface area contributed by atoms with Crippen LogP contribution in [0.2, 0.25) is 5.02 Å². The van der Waals surface area contributed by atoms with Gasteiger partial charge in [-0.25, -0.2) is 0 Å². The Morgan fingerprint density at radius 3 is 2.60 bits per heavy atom. The minimum atomic E-state index is -0.00240. The number of benzene rings is 2. The lowest BCUT2D eigenvalue weighted by molar-refractivity contribution is 0.303. The molecule has 2 aromatic rings. The van der Waals surface area contributed by atoms with Gasteiger partial charge in [-0.15, -0.1) is 0 Å². The molecule has 6 heteroatoms. The van der Waals surface area contributed by atoms with Crippen molar-refractivity contribution in [2.45, 2.75) is 6.61 Å². The van der Waals surface area contributed by atoms with Crippen molar-refractivity contribution in [3.8, 4) is 5.75 Å². The lowest BCUT2D eigenvalue weighted by Crippen LogP contribution is -2.15. The number of nitrogens with zero attached hydrogens (tertiary/aromatic N) is 1. The molecule has 104 valence electrons. The summed E-state index contributed by atoms with van der Waals surface area (Å²) in [5, 5.41) is 12.5. The highest BCUT2D eigenvalue weighted by molar-refractivity contribution is 9.10. The average Bonchev–Trinajstić information content (AvgIpc) is 2.46. The molecule has 0 aliphatic heterocycles. The van der Waals surface area contributed by atoms with Gasteiger partial charge in [-0.05, 0) is 35.9 Å². The Hall–Kier alpha value is -1.72. The summed E-state index contributed by atoms with van der Waals surface area (Å²) in [7, 11) is 0. The molecular formula is C14H12BrClN2O2. The topological polar surface area (TPSA) is 67.8 Å². The van der Waals surface area contributed by atoms with E-state index in [-0.39, 0.29) is 5.84 Å². The van der Waals surface area contributed by atoms with E-state index in [0.29, 0.717) is 22.9 Å². The number of oxime groups is 1. The predicted molar refractivity (Wildman–Crippen MR) is 82.4 cm³/mol. The number of rotatable bonds is 4. The van der Waals surface area contributed by atoms with Crippen molar-refractivity contribution in [3.05, 3.63) is 63.1 Å². The molecule has 0 saturated heterocycles. The Morgan fingerprint density at radius 2 is 1.95 bits per heavy atom. The zero-order chi connectivity index (χ0) is 14.5. The number of nitrogens with two attached hydrogens (primary N) is 1. The summed E-state index contributed by atoms with van der Waals surface area (Å²) in [4.78, 5) is 0. The van der Waals surface area contributed by atoms with E-state index in [1.807, 2.05) is 18.2 Å². The third-order valence-electron chi connectivity index (χ3n) is 2.63. The van der Waals surface area contributed by atoms with Crippen LogP contribution in [0.5, 0.6) is 5.75 Å². The first-order valence-corrected chi connectivity index (χ1v) is 6.92. The van der Waals surface area contributed by atoms with Gasteiger partial charge in [-0.2, -0.15) is 0 Å². The Morgan fingerprint density at radius 1 is 1.25 bits per heavy atom. The first-order chi connectivity index (χ1) is 9.60. The molecule has 0 spiro atoms. The monoisotopic (exact) mass is 354 g/mol. The fourth-order valence-electron chi connectivity index (χ4n) is 1.62. The van der Waals surface area contributed by atoms with E-state index in [1.54, 1.807) is 24.3 Å². The van der Waals surface area contributed by atoms with Crippen molar-refractivity contribution >= 4 is 33.4 Å². The summed E-state index contributed by atoms with van der Waals surface area (Å²) in [6.45, 7) is 0.366. The molecule has 0 radical (unpaired) electrons. The molecule has 0 atom stereocenters. The van der Waals surface area contributed by atoms with Gasteiger partial charge in [0.2, 0.25) is 0 Å². The Balaban J connectivity index is 2.19. The zero-order valence-corrected chi connectivity index (χ0v) is 12.7. The van der Waals surface area contributed by atoms with Gasteiger partial charge in [-0.1, -0.05) is 44.8 Å². The lowest BCUT2D eigenvalue weighted by atomic mass is 10.2. The molecule has 20 heavy (non-hydrogen) atoms. The number of hydrogen-bond donors (Lipinski definition) is 2. The van der Waals surface area contributed by atoms with E-state index >= 15 is 0 Å². The molecule has 0 amide bonds. The van der Waals surface area contributed by atoms with Crippen molar-refractivity contribution in [1.29, 1.82) is 0 Å². The standard InChI is InChI=1S/C14H12BrClN2O2/c15-10-3-6-13(12(7-10)14(17)18-19)20-8-9-1-4-11(16)5-2-9/h1-7,19H,8H2,(H2,17,18). The average molecular weight is 356 g/mol. The Bertz CT molecular complexity index is 630. The fourth-order valence-corrected chi connectivity index (χ4v) is 2.11. The van der Waals surface area contributed by atoms with Crippen molar-refractivity contribution in [2.75, 3.05) is 0 Å². The molecule has 2 rings (SSSR count). The zero-order valence-electron chi connectivity index (χ0n) is 10.4. The van der Waals surface area contributed by atoms with Crippen LogP contribution in [-0.4, -0.2) is 11.0 Å². The molecule has 0 fully saturated rings. The quantitative estimate of drug-likeness (QED) is 0.379. The van der Waals surface area contributed by atoms with Gasteiger partial charge in [-0.3, -0.25) is 0 Å². The second kappa shape index (κ2) is 6.63. The Labute approximate surface area is 129 Å². The van der Waals surface area contributed by atoms with Crippen molar-refractivity contribution < 1.29 is 9.94 Å². The number of amidine groups is 1. The summed E-state index contributed by atoms with van der Waals surface area (Å²) in [5.41, 5.74) is 7.13. The van der Waals surface area contributed by atoms with Crippen LogP contribution < -0.4 is 10.5 Å². The first-order valence-electron chi connectivity index (χ1n) is 5.75. The van der Waals surface area contributed by atoms with E-state index in [1.165, 1.54) is 0 Å². The summed E-state index contributed by atoms with van der Waals surface area (Å²) in [6.07, 6.45) is 0. The highest BCUT2D eigenvalue weighted by atomic mass is 79.9. The van der Waals surface area contributed by atoms with Crippen LogP contribution >= 0.6 is 27.5 Å². The summed E-state index contributed by atoms with van der Waals surface area (Å²) in [6, 6.07) is 12.7. The SMILES string of the molecule is N/C(=N/O)c1cc(Br)ccc1OCc1ccc(Cl)cc1. The van der Waals surface area contributed by atoms with E-state index in [0.717, 1.165) is 10.0 Å². The third kappa shape index (κ3) is 3.65. The predicted octanol–water partition coefficient (Wildman–Crippen LogP) is 3.78. The molecule has 3 N–H and O–H groups in total. The number of ether oxygens (including phenoxy) is 1. The molecule has 0 heterocycles. The van der Waals surface area contributed by atoms with Gasteiger partial charge < -0.3 is 15.7 Å². The molecule has 0 aliphatic rings. The Kier molecular flexibility index (Phi) is 4.87. The van der Waals surface area contributed by atoms with Crippen LogP contribution in [-0.2, 0) is 6.61 Å². The molecule has 0 unspecified atom stereocenters. The summed E-state index contributed by atoms with van der Waals surface area (Å²) < 4.78 is 6.52. The molecule has 0 bridgehead atoms. The number of hydrogen-bond acceptors (Lipinski definition) is 3. The van der Waals surface area contributed by atoms with Crippen LogP contribution in [0.1, 0.15) is 11.1 Å². The van der Waals surface area contributed by atoms with Crippen molar-refractivity contribution in [2.24, 2.45) is 10.9 Å². The van der Waals surface area contributed by atoms with Gasteiger partial charge in [0.25, 0.3) is 0 Å². The second-order valence-electron chi connectivity index (χ2n) is 4.04. The number of halogens is 2. The van der Waals surface area contributed by atoms with Crippen molar-refractivity contribution in [1.82, 2.24) is 0 Å². The first kappa shape index (κ1) is 14.7. The van der Waals surface area contributed by atoms with Crippen LogP contribution in [0.4, 0.5) is 0 Å². The highest BCUT2D eigenvalue weighted by Gasteiger charge is 2.09. The van der Waals surface area contributed by atoms with Crippen LogP contribution in [0.15, 0.2) is 52.1 Å². The smallest absolute Gasteiger partial charge is 0.173 e. The van der Waals surface area contributed by atoms with Gasteiger partial charge in [0, 0.05) is 9.50 Å². The van der Waals surface area contributed by atoms with Gasteiger partial charge in [0.05, 0.1) is 5.56 Å². The maximum Gasteiger partial charge on any atom is 0.173 e. The van der Waals surface area contributed by atoms with E-state index in [4.69, 9.17) is 27.3 Å². The van der Waals surface area contributed by atoms with Gasteiger partial charge >= 0.3 is 0 Å². The minimum Gasteiger partial charge on any atom is -0.488 e. The van der Waals surface area contributed by atoms with Crippen LogP contribution in [0.25, 0.3) is 0 Å². The van der Waals surface area contributed by atoms with Crippen molar-refractivity contribution in [3.63, 3.8) is 0 Å². The van der Waals surface area contributed by atoms with Crippen LogP contribution in [0.3, 0.4) is 0 Å². The van der Waals surface area contributed by atoms with Gasteiger partial charge in [0.15, 0.2) is 5.84 Å². The molecule has 0 saturated carbocycles. The molecular weight excluding hydrogens is 344 g/mol. The van der Waals surface area contributed by atoms with Crippen LogP contribution in [0, 0.1) is 0 Å². The molecule has 4 nitrogen and oxygen atoms in total. The highest BCUT2D eigenvalue weighted by Crippen LogP contribution is 2.24. The molecule has 0 aromatic heterocycles. The summed E-state index contributed by atoms with van der Waals surface area (Å²) >= 11 is 9.16. The largest absolute Gasteiger partial charge is 0.488 e.